The molecule has 1 aromatic heterocycles. The highest BCUT2D eigenvalue weighted by Crippen LogP contribution is 2.29. The van der Waals surface area contributed by atoms with Crippen LogP contribution in [0.4, 0.5) is 24.7 Å². The summed E-state index contributed by atoms with van der Waals surface area (Å²) >= 11 is 0. The predicted molar refractivity (Wildman–Crippen MR) is 89.4 cm³/mol. The van der Waals surface area contributed by atoms with Gasteiger partial charge in [-0.1, -0.05) is 19.8 Å². The zero-order valence-electron chi connectivity index (χ0n) is 14.3. The number of aromatic nitrogens is 2. The predicted octanol–water partition coefficient (Wildman–Crippen LogP) is 1.63. The van der Waals surface area contributed by atoms with Crippen LogP contribution in [0, 0.1) is 11.8 Å². The second-order valence-corrected chi connectivity index (χ2v) is 6.72. The van der Waals surface area contributed by atoms with Crippen molar-refractivity contribution in [1.29, 1.82) is 0 Å². The zero-order chi connectivity index (χ0) is 18.8. The molecule has 0 saturated heterocycles. The molecule has 142 valence electrons. The van der Waals surface area contributed by atoms with Crippen LogP contribution >= 0.6 is 0 Å². The number of rotatable bonds is 5. The highest BCUT2D eigenvalue weighted by Gasteiger charge is 2.29. The number of halogens is 3. The molecule has 7 nitrogen and oxygen atoms in total. The number of nitrogen functional groups attached to an aromatic ring is 1. The quantitative estimate of drug-likeness (QED) is 0.546. The molecule has 1 saturated carbocycles. The molecule has 0 aromatic carbocycles. The van der Waals surface area contributed by atoms with Gasteiger partial charge in [-0.3, -0.25) is 13.9 Å². The minimum absolute atomic E-state index is 0.161. The van der Waals surface area contributed by atoms with Crippen molar-refractivity contribution >= 4 is 11.5 Å². The average molecular weight is 363 g/mol. The summed E-state index contributed by atoms with van der Waals surface area (Å²) in [5.41, 5.74) is 0.387. The lowest BCUT2D eigenvalue weighted by molar-refractivity contribution is -0.115. The van der Waals surface area contributed by atoms with Crippen molar-refractivity contribution in [2.24, 2.45) is 24.7 Å². The molecule has 2 rings (SSSR count). The van der Waals surface area contributed by atoms with Crippen molar-refractivity contribution in [2.45, 2.75) is 45.3 Å². The molecule has 25 heavy (non-hydrogen) atoms. The Balaban J connectivity index is 2.37. The summed E-state index contributed by atoms with van der Waals surface area (Å²) in [4.78, 5) is 25.0. The van der Waals surface area contributed by atoms with Gasteiger partial charge in [0.1, 0.15) is 12.2 Å². The van der Waals surface area contributed by atoms with Crippen molar-refractivity contribution in [3.05, 3.63) is 20.8 Å². The van der Waals surface area contributed by atoms with Crippen LogP contribution in [-0.4, -0.2) is 21.9 Å². The summed E-state index contributed by atoms with van der Waals surface area (Å²) in [5, 5.41) is 2.06. The van der Waals surface area contributed by atoms with Gasteiger partial charge in [-0.2, -0.15) is 13.2 Å². The lowest BCUT2D eigenvalue weighted by Crippen LogP contribution is -2.44. The van der Waals surface area contributed by atoms with Gasteiger partial charge in [0.25, 0.3) is 5.56 Å². The van der Waals surface area contributed by atoms with E-state index >= 15 is 0 Å². The van der Waals surface area contributed by atoms with Gasteiger partial charge in [0.15, 0.2) is 5.82 Å². The van der Waals surface area contributed by atoms with E-state index < -0.39 is 24.0 Å². The van der Waals surface area contributed by atoms with Gasteiger partial charge in [0, 0.05) is 13.6 Å². The summed E-state index contributed by atoms with van der Waals surface area (Å²) in [6.45, 7) is 0.960. The molecule has 0 atom stereocenters. The maximum Gasteiger partial charge on any atom is 0.405 e. The summed E-state index contributed by atoms with van der Waals surface area (Å²) in [5.74, 6) is 5.90. The third-order valence-electron chi connectivity index (χ3n) is 4.73. The number of anilines is 2. The monoisotopic (exact) mass is 363 g/mol. The Hall–Kier alpha value is -1.97. The van der Waals surface area contributed by atoms with Gasteiger partial charge < -0.3 is 10.7 Å². The highest BCUT2D eigenvalue weighted by atomic mass is 19.4. The van der Waals surface area contributed by atoms with Gasteiger partial charge in [-0.15, -0.1) is 0 Å². The fourth-order valence-corrected chi connectivity index (χ4v) is 3.22. The van der Waals surface area contributed by atoms with Gasteiger partial charge in [-0.25, -0.2) is 10.6 Å². The van der Waals surface area contributed by atoms with Gasteiger partial charge >= 0.3 is 11.9 Å². The smallest absolute Gasteiger partial charge is 0.369 e. The lowest BCUT2D eigenvalue weighted by Gasteiger charge is -2.27. The Morgan fingerprint density at radius 1 is 1.20 bits per heavy atom. The molecular formula is C15H24F3N5O2. The number of nitrogens with zero attached hydrogens (tertiary/aromatic N) is 2. The van der Waals surface area contributed by atoms with Gasteiger partial charge in [0.2, 0.25) is 0 Å². The van der Waals surface area contributed by atoms with Crippen molar-refractivity contribution in [1.82, 2.24) is 9.13 Å². The minimum Gasteiger partial charge on any atom is -0.369 e. The van der Waals surface area contributed by atoms with Crippen LogP contribution < -0.4 is 27.8 Å². The average Bonchev–Trinajstić information content (AvgIpc) is 2.54. The largest absolute Gasteiger partial charge is 0.405 e. The highest BCUT2D eigenvalue weighted by molar-refractivity contribution is 5.63. The maximum atomic E-state index is 12.6. The van der Waals surface area contributed by atoms with Crippen molar-refractivity contribution in [3.8, 4) is 0 Å². The van der Waals surface area contributed by atoms with E-state index in [1.807, 2.05) is 0 Å². The second kappa shape index (κ2) is 7.51. The van der Waals surface area contributed by atoms with E-state index in [0.717, 1.165) is 34.8 Å². The molecule has 0 bridgehead atoms. The zero-order valence-corrected chi connectivity index (χ0v) is 14.3. The topological polar surface area (TPSA) is 94.1 Å². The van der Waals surface area contributed by atoms with Crippen molar-refractivity contribution in [3.63, 3.8) is 0 Å². The van der Waals surface area contributed by atoms with E-state index in [0.29, 0.717) is 5.92 Å². The molecule has 0 spiro atoms. The molecule has 4 N–H and O–H groups in total. The first kappa shape index (κ1) is 19.4. The van der Waals surface area contributed by atoms with Crippen LogP contribution in [0.1, 0.15) is 32.6 Å². The van der Waals surface area contributed by atoms with E-state index in [2.05, 4.69) is 17.7 Å². The molecular weight excluding hydrogens is 339 g/mol. The molecule has 1 aliphatic carbocycles. The van der Waals surface area contributed by atoms with Crippen LogP contribution in [-0.2, 0) is 13.6 Å². The van der Waals surface area contributed by atoms with Gasteiger partial charge in [0.05, 0.1) is 0 Å². The minimum atomic E-state index is -4.50. The SMILES string of the molecule is CC1CCC(Cn2c(=O)c(NCC(F)(F)F)c(NN)n(C)c2=O)CC1. The van der Waals surface area contributed by atoms with Crippen LogP contribution in [0.15, 0.2) is 9.59 Å². The Morgan fingerprint density at radius 3 is 2.32 bits per heavy atom. The summed E-state index contributed by atoms with van der Waals surface area (Å²) in [6, 6.07) is 0. The number of nitrogens with one attached hydrogen (secondary N) is 2. The number of hydrazine groups is 1. The molecule has 1 heterocycles. The summed E-state index contributed by atoms with van der Waals surface area (Å²) in [7, 11) is 1.36. The molecule has 0 radical (unpaired) electrons. The van der Waals surface area contributed by atoms with Crippen molar-refractivity contribution in [2.75, 3.05) is 17.3 Å². The summed E-state index contributed by atoms with van der Waals surface area (Å²) in [6.07, 6.45) is -0.696. The maximum absolute atomic E-state index is 12.6. The van der Waals surface area contributed by atoms with E-state index in [1.54, 1.807) is 0 Å². The Kier molecular flexibility index (Phi) is 5.81. The fourth-order valence-electron chi connectivity index (χ4n) is 3.22. The van der Waals surface area contributed by atoms with Crippen LogP contribution in [0.2, 0.25) is 0 Å². The third kappa shape index (κ3) is 4.56. The second-order valence-electron chi connectivity index (χ2n) is 6.72. The normalized spacial score (nSPS) is 21.2. The van der Waals surface area contributed by atoms with E-state index in [-0.39, 0.29) is 24.0 Å². The Labute approximate surface area is 143 Å². The van der Waals surface area contributed by atoms with E-state index in [9.17, 15) is 22.8 Å². The first-order chi connectivity index (χ1) is 11.6. The van der Waals surface area contributed by atoms with E-state index in [1.165, 1.54) is 7.05 Å². The third-order valence-corrected chi connectivity index (χ3v) is 4.73. The molecule has 0 amide bonds. The molecule has 1 aromatic rings. The van der Waals surface area contributed by atoms with Crippen LogP contribution in [0.3, 0.4) is 0 Å². The standard InChI is InChI=1S/C15H24F3N5O2/c1-9-3-5-10(6-4-9)7-23-13(24)11(20-8-15(16,17)18)12(21-19)22(2)14(23)25/h9-10,20-21H,3-8,19H2,1-2H3. The van der Waals surface area contributed by atoms with Crippen molar-refractivity contribution < 1.29 is 13.2 Å². The Morgan fingerprint density at radius 2 is 1.80 bits per heavy atom. The number of hydrogen-bond acceptors (Lipinski definition) is 5. The molecule has 10 heteroatoms. The fraction of sp³-hybridized carbons (Fsp3) is 0.733. The van der Waals surface area contributed by atoms with Crippen LogP contribution in [0.25, 0.3) is 0 Å². The summed E-state index contributed by atoms with van der Waals surface area (Å²) < 4.78 is 39.6. The van der Waals surface area contributed by atoms with Crippen LogP contribution in [0.5, 0.6) is 0 Å². The van der Waals surface area contributed by atoms with E-state index in [4.69, 9.17) is 5.84 Å². The molecule has 0 unspecified atom stereocenters. The lowest BCUT2D eigenvalue weighted by atomic mass is 9.83. The number of alkyl halides is 3. The first-order valence-corrected chi connectivity index (χ1v) is 8.25. The molecule has 1 fully saturated rings. The first-order valence-electron chi connectivity index (χ1n) is 8.25. The van der Waals surface area contributed by atoms with Gasteiger partial charge in [-0.05, 0) is 24.7 Å². The number of hydrogen-bond donors (Lipinski definition) is 3. The molecule has 0 aliphatic heterocycles. The number of nitrogens with two attached hydrogens (primary N) is 1. The Bertz CT molecular complexity index is 718. The molecule has 1 aliphatic rings.